The number of aliphatic hydroxyl groups is 1. The highest BCUT2D eigenvalue weighted by atomic mass is 16.3. The van der Waals surface area contributed by atoms with Crippen LogP contribution in [0.2, 0.25) is 0 Å². The van der Waals surface area contributed by atoms with Crippen molar-refractivity contribution in [1.29, 1.82) is 0 Å². The van der Waals surface area contributed by atoms with Crippen molar-refractivity contribution in [2.24, 2.45) is 0 Å². The lowest BCUT2D eigenvalue weighted by molar-refractivity contribution is -0.129. The maximum atomic E-state index is 11.5. The molecule has 1 heterocycles. The highest BCUT2D eigenvalue weighted by Crippen LogP contribution is 1.99. The van der Waals surface area contributed by atoms with Gasteiger partial charge in [0.05, 0.1) is 13.0 Å². The molecule has 0 aromatic carbocycles. The summed E-state index contributed by atoms with van der Waals surface area (Å²) in [5, 5.41) is 8.65. The van der Waals surface area contributed by atoms with Crippen LogP contribution in [0.1, 0.15) is 5.56 Å². The second kappa shape index (κ2) is 5.34. The molecule has 14 heavy (non-hydrogen) atoms. The number of likely N-dealkylation sites (N-methyl/N-ethyl adjacent to an activating group) is 1. The number of aliphatic hydroxyl groups excluding tert-OH is 1. The van der Waals surface area contributed by atoms with Gasteiger partial charge in [-0.2, -0.15) is 0 Å². The number of carbonyl (C=O) groups is 1. The number of nitrogens with zero attached hydrogens (tertiary/aromatic N) is 2. The molecule has 1 N–H and O–H groups in total. The molecule has 0 aliphatic carbocycles. The highest BCUT2D eigenvalue weighted by molar-refractivity contribution is 5.78. The molecule has 4 heteroatoms. The normalized spacial score (nSPS) is 9.86. The predicted octanol–water partition coefficient (Wildman–Crippen LogP) is 0.0748. The molecule has 0 saturated carbocycles. The topological polar surface area (TPSA) is 53.4 Å². The Kier molecular flexibility index (Phi) is 4.07. The Morgan fingerprint density at radius 1 is 1.50 bits per heavy atom. The largest absolute Gasteiger partial charge is 0.395 e. The van der Waals surface area contributed by atoms with E-state index in [2.05, 4.69) is 4.98 Å². The van der Waals surface area contributed by atoms with Crippen molar-refractivity contribution in [3.63, 3.8) is 0 Å². The molecule has 0 saturated heterocycles. The predicted molar refractivity (Wildman–Crippen MR) is 52.7 cm³/mol. The summed E-state index contributed by atoms with van der Waals surface area (Å²) >= 11 is 0. The second-order valence-corrected chi connectivity index (χ2v) is 3.07. The zero-order valence-corrected chi connectivity index (χ0v) is 8.18. The van der Waals surface area contributed by atoms with E-state index in [-0.39, 0.29) is 12.5 Å². The van der Waals surface area contributed by atoms with Crippen molar-refractivity contribution in [2.45, 2.75) is 6.42 Å². The molecule has 0 bridgehead atoms. The number of pyridine rings is 1. The Labute approximate surface area is 83.2 Å². The standard InChI is InChI=1S/C10H14N2O2/c1-12(6-7-13)10(14)8-9-2-4-11-5-3-9/h2-5,13H,6-8H2,1H3. The van der Waals surface area contributed by atoms with Crippen molar-refractivity contribution in [1.82, 2.24) is 9.88 Å². The minimum atomic E-state index is -0.00140. The van der Waals surface area contributed by atoms with Crippen LogP contribution in [0.15, 0.2) is 24.5 Å². The van der Waals surface area contributed by atoms with Gasteiger partial charge < -0.3 is 10.0 Å². The maximum absolute atomic E-state index is 11.5. The minimum Gasteiger partial charge on any atom is -0.395 e. The summed E-state index contributed by atoms with van der Waals surface area (Å²) in [5.74, 6) is 0.00486. The van der Waals surface area contributed by atoms with E-state index in [1.165, 1.54) is 4.90 Å². The molecule has 1 aromatic heterocycles. The average Bonchev–Trinajstić information content (AvgIpc) is 2.19. The smallest absolute Gasteiger partial charge is 0.226 e. The molecule has 76 valence electrons. The van der Waals surface area contributed by atoms with Crippen LogP contribution in [0, 0.1) is 0 Å². The van der Waals surface area contributed by atoms with Gasteiger partial charge in [0.1, 0.15) is 0 Å². The van der Waals surface area contributed by atoms with Crippen LogP contribution < -0.4 is 0 Å². The molecule has 0 atom stereocenters. The van der Waals surface area contributed by atoms with Crippen LogP contribution in [-0.4, -0.2) is 41.1 Å². The van der Waals surface area contributed by atoms with Gasteiger partial charge in [0.25, 0.3) is 0 Å². The lowest BCUT2D eigenvalue weighted by Crippen LogP contribution is -2.30. The Balaban J connectivity index is 2.49. The lowest BCUT2D eigenvalue weighted by atomic mass is 10.2. The summed E-state index contributed by atoms with van der Waals surface area (Å²) in [6.07, 6.45) is 3.68. The van der Waals surface area contributed by atoms with Gasteiger partial charge in [0, 0.05) is 26.0 Å². The molecular weight excluding hydrogens is 180 g/mol. The molecule has 1 amide bonds. The van der Waals surface area contributed by atoms with Gasteiger partial charge >= 0.3 is 0 Å². The van der Waals surface area contributed by atoms with Crippen molar-refractivity contribution in [2.75, 3.05) is 20.2 Å². The van der Waals surface area contributed by atoms with E-state index < -0.39 is 0 Å². The van der Waals surface area contributed by atoms with Gasteiger partial charge in [-0.3, -0.25) is 9.78 Å². The number of amides is 1. The van der Waals surface area contributed by atoms with E-state index in [1.807, 2.05) is 12.1 Å². The van der Waals surface area contributed by atoms with Crippen molar-refractivity contribution in [3.05, 3.63) is 30.1 Å². The third kappa shape index (κ3) is 3.14. The number of rotatable bonds is 4. The molecule has 0 aliphatic heterocycles. The average molecular weight is 194 g/mol. The Hall–Kier alpha value is -1.42. The molecule has 0 radical (unpaired) electrons. The Morgan fingerprint density at radius 2 is 2.14 bits per heavy atom. The van der Waals surface area contributed by atoms with Crippen LogP contribution in [0.4, 0.5) is 0 Å². The monoisotopic (exact) mass is 194 g/mol. The van der Waals surface area contributed by atoms with Crippen LogP contribution in [-0.2, 0) is 11.2 Å². The van der Waals surface area contributed by atoms with Crippen molar-refractivity contribution in [3.8, 4) is 0 Å². The zero-order chi connectivity index (χ0) is 10.4. The molecule has 0 spiro atoms. The summed E-state index contributed by atoms with van der Waals surface area (Å²) in [6.45, 7) is 0.377. The molecule has 1 aromatic rings. The molecule has 4 nitrogen and oxygen atoms in total. The first-order valence-electron chi connectivity index (χ1n) is 4.47. The maximum Gasteiger partial charge on any atom is 0.226 e. The number of hydrogen-bond acceptors (Lipinski definition) is 3. The molecule has 0 aliphatic rings. The third-order valence-electron chi connectivity index (χ3n) is 1.97. The van der Waals surface area contributed by atoms with Crippen molar-refractivity contribution >= 4 is 5.91 Å². The zero-order valence-electron chi connectivity index (χ0n) is 8.18. The van der Waals surface area contributed by atoms with E-state index in [0.29, 0.717) is 13.0 Å². The Bertz CT molecular complexity index is 287. The summed E-state index contributed by atoms with van der Waals surface area (Å²) < 4.78 is 0. The third-order valence-corrected chi connectivity index (χ3v) is 1.97. The van der Waals surface area contributed by atoms with E-state index in [0.717, 1.165) is 5.56 Å². The van der Waals surface area contributed by atoms with Crippen LogP contribution >= 0.6 is 0 Å². The second-order valence-electron chi connectivity index (χ2n) is 3.07. The SMILES string of the molecule is CN(CCO)C(=O)Cc1ccncc1. The lowest BCUT2D eigenvalue weighted by Gasteiger charge is -2.15. The quantitative estimate of drug-likeness (QED) is 0.738. The Morgan fingerprint density at radius 3 is 2.71 bits per heavy atom. The fourth-order valence-electron chi connectivity index (χ4n) is 1.08. The van der Waals surface area contributed by atoms with Gasteiger partial charge in [-0.25, -0.2) is 0 Å². The molecule has 1 rings (SSSR count). The first kappa shape index (κ1) is 10.7. The first-order chi connectivity index (χ1) is 6.74. The molecule has 0 unspecified atom stereocenters. The molecular formula is C10H14N2O2. The summed E-state index contributed by atoms with van der Waals surface area (Å²) in [5.41, 5.74) is 0.940. The van der Waals surface area contributed by atoms with Crippen LogP contribution in [0.3, 0.4) is 0 Å². The van der Waals surface area contributed by atoms with Gasteiger partial charge in [-0.1, -0.05) is 0 Å². The van der Waals surface area contributed by atoms with E-state index >= 15 is 0 Å². The van der Waals surface area contributed by atoms with Gasteiger partial charge in [-0.05, 0) is 17.7 Å². The minimum absolute atomic E-state index is 0.00140. The first-order valence-corrected chi connectivity index (χ1v) is 4.47. The number of carbonyl (C=O) groups excluding carboxylic acids is 1. The molecule has 0 fully saturated rings. The van der Waals surface area contributed by atoms with Gasteiger partial charge in [-0.15, -0.1) is 0 Å². The number of aromatic nitrogens is 1. The van der Waals surface area contributed by atoms with Crippen molar-refractivity contribution < 1.29 is 9.90 Å². The number of hydrogen-bond donors (Lipinski definition) is 1. The van der Waals surface area contributed by atoms with Crippen LogP contribution in [0.5, 0.6) is 0 Å². The fraction of sp³-hybridized carbons (Fsp3) is 0.400. The fourth-order valence-corrected chi connectivity index (χ4v) is 1.08. The summed E-state index contributed by atoms with van der Waals surface area (Å²) in [6, 6.07) is 3.62. The van der Waals surface area contributed by atoms with Gasteiger partial charge in [0.15, 0.2) is 0 Å². The summed E-state index contributed by atoms with van der Waals surface area (Å²) in [4.78, 5) is 16.9. The van der Waals surface area contributed by atoms with E-state index in [9.17, 15) is 4.79 Å². The van der Waals surface area contributed by atoms with Gasteiger partial charge in [0.2, 0.25) is 5.91 Å². The summed E-state index contributed by atoms with van der Waals surface area (Å²) in [7, 11) is 1.68. The highest BCUT2D eigenvalue weighted by Gasteiger charge is 2.08. The van der Waals surface area contributed by atoms with Crippen LogP contribution in [0.25, 0.3) is 0 Å². The van der Waals surface area contributed by atoms with E-state index in [1.54, 1.807) is 19.4 Å². The van der Waals surface area contributed by atoms with E-state index in [4.69, 9.17) is 5.11 Å².